The summed E-state index contributed by atoms with van der Waals surface area (Å²) >= 11 is 8.23. The number of hydrogen-bond donors (Lipinski definition) is 1. The van der Waals surface area contributed by atoms with Gasteiger partial charge >= 0.3 is 213 Å². The Balaban J connectivity index is 2.96. The second-order valence-corrected chi connectivity index (χ2v) is 21.4. The number of unbranched alkanes of at least 4 members (excludes halogenated alkanes) is 3. The summed E-state index contributed by atoms with van der Waals surface area (Å²) < 4.78 is 9.36. The molecular weight excluding hydrogens is 574 g/mol. The minimum atomic E-state index is -3.22. The Morgan fingerprint density at radius 1 is 0.909 bits per heavy atom. The van der Waals surface area contributed by atoms with Gasteiger partial charge in [0, 0.05) is 0 Å². The summed E-state index contributed by atoms with van der Waals surface area (Å²) in [5.41, 5.74) is 0. The molecule has 0 saturated carbocycles. The van der Waals surface area contributed by atoms with Gasteiger partial charge in [-0.2, -0.15) is 0 Å². The number of carbonyl (C=O) groups excluding carboxylic acids is 4. The Kier molecular flexibility index (Phi) is 13.3. The van der Waals surface area contributed by atoms with E-state index in [9.17, 15) is 19.2 Å². The molecule has 1 atom stereocenters. The SMILES string of the molecule is CCC[CH2][Sn]([CH2]CCC)([CH2]CCC)[O]C(=O)[C@H](NC(=O)CN1C(=O)C(Cl)=C(Cl)C1=O)C(C)C. The number of carbonyl (C=O) groups is 4. The zero-order valence-corrected chi connectivity index (χ0v) is 24.8. The molecule has 3 amide bonds. The van der Waals surface area contributed by atoms with Crippen molar-refractivity contribution in [2.45, 2.75) is 92.5 Å². The zero-order valence-electron chi connectivity index (χ0n) is 20.5. The first-order valence-electron chi connectivity index (χ1n) is 12.0. The number of amides is 3. The molecule has 1 heterocycles. The van der Waals surface area contributed by atoms with Crippen LogP contribution in [0.15, 0.2) is 10.1 Å². The quantitative estimate of drug-likeness (QED) is 0.206. The van der Waals surface area contributed by atoms with E-state index in [2.05, 4.69) is 26.1 Å². The first-order chi connectivity index (χ1) is 15.5. The van der Waals surface area contributed by atoms with Crippen LogP contribution in [-0.4, -0.2) is 60.0 Å². The van der Waals surface area contributed by atoms with Gasteiger partial charge in [-0.05, 0) is 0 Å². The monoisotopic (exact) mass is 612 g/mol. The summed E-state index contributed by atoms with van der Waals surface area (Å²) in [5.74, 6) is -2.89. The Bertz CT molecular complexity index is 711. The number of rotatable bonds is 15. The van der Waals surface area contributed by atoms with E-state index in [1.807, 2.05) is 13.8 Å². The van der Waals surface area contributed by atoms with E-state index in [0.717, 1.165) is 51.8 Å². The normalized spacial score (nSPS) is 15.5. The number of imide groups is 1. The number of nitrogens with one attached hydrogen (secondary N) is 1. The molecule has 0 aliphatic carbocycles. The number of hydrogen-bond acceptors (Lipinski definition) is 5. The molecule has 0 saturated heterocycles. The molecule has 1 aliphatic rings. The standard InChI is InChI=1S/C11H12Cl2N2O5.3C4H9.Sn/c1-4(2)8(11(19)20)14-5(16)3-15-9(17)6(12)7(13)10(15)18;3*1-3-4-2;/h4,8H,3H2,1-2H3,(H,14,16)(H,19,20);3*1,3-4H2,2H3;/q;;;;+1/p-1/t8-;;;;/m1..../s1. The van der Waals surface area contributed by atoms with Crippen LogP contribution < -0.4 is 5.32 Å². The molecule has 1 N–H and O–H groups in total. The summed E-state index contributed by atoms with van der Waals surface area (Å²) in [7, 11) is 0. The van der Waals surface area contributed by atoms with Crippen molar-refractivity contribution in [3.63, 3.8) is 0 Å². The van der Waals surface area contributed by atoms with Crippen LogP contribution in [0.1, 0.15) is 73.1 Å². The van der Waals surface area contributed by atoms with Gasteiger partial charge in [0.2, 0.25) is 0 Å². The van der Waals surface area contributed by atoms with Crippen molar-refractivity contribution < 1.29 is 22.3 Å². The molecule has 0 spiro atoms. The number of nitrogens with zero attached hydrogens (tertiary/aromatic N) is 1. The van der Waals surface area contributed by atoms with Crippen LogP contribution in [0.3, 0.4) is 0 Å². The van der Waals surface area contributed by atoms with Crippen LogP contribution in [-0.2, 0) is 22.3 Å². The van der Waals surface area contributed by atoms with Crippen molar-refractivity contribution >= 4 is 65.7 Å². The van der Waals surface area contributed by atoms with E-state index in [-0.39, 0.29) is 5.92 Å². The van der Waals surface area contributed by atoms with E-state index in [0.29, 0.717) is 4.90 Å². The summed E-state index contributed by atoms with van der Waals surface area (Å²) in [4.78, 5) is 50.8. The van der Waals surface area contributed by atoms with Crippen LogP contribution >= 0.6 is 23.2 Å². The zero-order chi connectivity index (χ0) is 25.2. The summed E-state index contributed by atoms with van der Waals surface area (Å²) in [6.07, 6.45) is 6.29. The fourth-order valence-corrected chi connectivity index (χ4v) is 17.3. The number of halogens is 2. The van der Waals surface area contributed by atoms with Crippen molar-refractivity contribution in [1.29, 1.82) is 0 Å². The molecule has 0 fully saturated rings. The Morgan fingerprint density at radius 3 is 1.70 bits per heavy atom. The molecule has 0 aromatic carbocycles. The first-order valence-corrected chi connectivity index (χ1v) is 19.9. The van der Waals surface area contributed by atoms with Gasteiger partial charge in [-0.1, -0.05) is 0 Å². The van der Waals surface area contributed by atoms with Crippen LogP contribution in [0, 0.1) is 5.92 Å². The molecule has 188 valence electrons. The van der Waals surface area contributed by atoms with E-state index in [1.165, 1.54) is 0 Å². The Hall–Kier alpha value is -0.801. The third kappa shape index (κ3) is 8.73. The van der Waals surface area contributed by atoms with Gasteiger partial charge in [0.25, 0.3) is 0 Å². The van der Waals surface area contributed by atoms with Gasteiger partial charge < -0.3 is 0 Å². The molecule has 0 unspecified atom stereocenters. The van der Waals surface area contributed by atoms with Gasteiger partial charge in [-0.3, -0.25) is 0 Å². The molecule has 1 rings (SSSR count). The van der Waals surface area contributed by atoms with Crippen molar-refractivity contribution in [2.24, 2.45) is 5.92 Å². The average molecular weight is 612 g/mol. The second kappa shape index (κ2) is 14.6. The summed E-state index contributed by atoms with van der Waals surface area (Å²) in [5, 5.41) is 1.86. The second-order valence-electron chi connectivity index (χ2n) is 9.03. The molecular formula is C23H38Cl2N2O5Sn. The molecule has 1 aliphatic heterocycles. The van der Waals surface area contributed by atoms with E-state index < -0.39 is 65.1 Å². The van der Waals surface area contributed by atoms with Crippen LogP contribution in [0.2, 0.25) is 13.3 Å². The molecule has 0 radical (unpaired) electrons. The maximum atomic E-state index is 13.3. The van der Waals surface area contributed by atoms with Gasteiger partial charge in [0.1, 0.15) is 0 Å². The van der Waals surface area contributed by atoms with Crippen LogP contribution in [0.4, 0.5) is 0 Å². The molecule has 0 aromatic rings. The fourth-order valence-electron chi connectivity index (χ4n) is 3.82. The molecule has 33 heavy (non-hydrogen) atoms. The third-order valence-corrected chi connectivity index (χ3v) is 19.3. The van der Waals surface area contributed by atoms with Crippen molar-refractivity contribution in [3.05, 3.63) is 10.1 Å². The van der Waals surface area contributed by atoms with E-state index in [4.69, 9.17) is 26.3 Å². The Morgan fingerprint density at radius 2 is 1.33 bits per heavy atom. The molecule has 0 bridgehead atoms. The van der Waals surface area contributed by atoms with Gasteiger partial charge in [0.05, 0.1) is 0 Å². The van der Waals surface area contributed by atoms with Crippen molar-refractivity contribution in [1.82, 2.24) is 10.2 Å². The molecule has 7 nitrogen and oxygen atoms in total. The van der Waals surface area contributed by atoms with Crippen LogP contribution in [0.25, 0.3) is 0 Å². The summed E-state index contributed by atoms with van der Waals surface area (Å²) in [6, 6.07) is -0.856. The summed E-state index contributed by atoms with van der Waals surface area (Å²) in [6.45, 7) is 9.52. The fraction of sp³-hybridized carbons (Fsp3) is 0.739. The molecule has 10 heteroatoms. The van der Waals surface area contributed by atoms with Crippen LogP contribution in [0.5, 0.6) is 0 Å². The van der Waals surface area contributed by atoms with Crippen molar-refractivity contribution in [3.8, 4) is 0 Å². The average Bonchev–Trinajstić information content (AvgIpc) is 2.95. The van der Waals surface area contributed by atoms with Crippen molar-refractivity contribution in [2.75, 3.05) is 6.54 Å². The predicted molar refractivity (Wildman–Crippen MR) is 133 cm³/mol. The minimum absolute atomic E-state index is 0.218. The topological polar surface area (TPSA) is 92.8 Å². The van der Waals surface area contributed by atoms with Gasteiger partial charge in [-0.25, -0.2) is 0 Å². The van der Waals surface area contributed by atoms with E-state index in [1.54, 1.807) is 0 Å². The first kappa shape index (κ1) is 30.2. The van der Waals surface area contributed by atoms with E-state index >= 15 is 0 Å². The molecule has 0 aromatic heterocycles. The Labute approximate surface area is 212 Å². The van der Waals surface area contributed by atoms with Gasteiger partial charge in [0.15, 0.2) is 0 Å². The maximum absolute atomic E-state index is 13.3. The van der Waals surface area contributed by atoms with Gasteiger partial charge in [-0.15, -0.1) is 0 Å². The third-order valence-electron chi connectivity index (χ3n) is 5.87. The predicted octanol–water partition coefficient (Wildman–Crippen LogP) is 5.07.